The first kappa shape index (κ1) is 15.3. The number of halogens is 3. The van der Waals surface area contributed by atoms with Crippen molar-refractivity contribution in [2.75, 3.05) is 13.3 Å². The monoisotopic (exact) mass is 317 g/mol. The topological polar surface area (TPSA) is 30.7 Å². The van der Waals surface area contributed by atoms with Gasteiger partial charge in [-0.05, 0) is 42.0 Å². The number of benzene rings is 1. The van der Waals surface area contributed by atoms with Gasteiger partial charge in [0.15, 0.2) is 0 Å². The molecule has 0 aliphatic heterocycles. The van der Waals surface area contributed by atoms with E-state index in [2.05, 4.69) is 10.1 Å². The molecule has 0 bridgehead atoms. The van der Waals surface area contributed by atoms with Crippen molar-refractivity contribution >= 4 is 0 Å². The molecule has 23 heavy (non-hydrogen) atoms. The van der Waals surface area contributed by atoms with E-state index in [1.165, 1.54) is 16.8 Å². The number of pyridine rings is 1. The Labute approximate surface area is 131 Å². The molecular weight excluding hydrogens is 303 g/mol. The van der Waals surface area contributed by atoms with E-state index in [4.69, 9.17) is 0 Å². The fraction of sp³-hybridized carbons (Fsp3) is 0.176. The molecule has 3 rings (SSSR count). The van der Waals surface area contributed by atoms with Gasteiger partial charge in [-0.1, -0.05) is 0 Å². The first-order valence-corrected chi connectivity index (χ1v) is 7.10. The summed E-state index contributed by atoms with van der Waals surface area (Å²) in [5.74, 6) is -0.357. The maximum absolute atomic E-state index is 13.1. The maximum Gasteiger partial charge on any atom is 0.123 e. The van der Waals surface area contributed by atoms with Crippen molar-refractivity contribution in [3.05, 3.63) is 60.8 Å². The molecule has 0 radical (unpaired) electrons. The summed E-state index contributed by atoms with van der Waals surface area (Å²) in [4.78, 5) is 3.96. The van der Waals surface area contributed by atoms with Crippen LogP contribution in [0.15, 0.2) is 55.0 Å². The minimum absolute atomic E-state index is 0.357. The molecule has 6 heteroatoms. The minimum Gasteiger partial charge on any atom is -0.265 e. The van der Waals surface area contributed by atoms with E-state index in [1.54, 1.807) is 42.9 Å². The highest BCUT2D eigenvalue weighted by molar-refractivity contribution is 5.80. The molecule has 2 heterocycles. The van der Waals surface area contributed by atoms with Gasteiger partial charge in [0.25, 0.3) is 0 Å². The van der Waals surface area contributed by atoms with E-state index in [0.717, 1.165) is 5.56 Å². The van der Waals surface area contributed by atoms with Crippen molar-refractivity contribution < 1.29 is 13.2 Å². The zero-order chi connectivity index (χ0) is 16.2. The lowest BCUT2D eigenvalue weighted by Crippen LogP contribution is -2.13. The van der Waals surface area contributed by atoms with E-state index in [0.29, 0.717) is 16.8 Å². The van der Waals surface area contributed by atoms with Gasteiger partial charge >= 0.3 is 0 Å². The van der Waals surface area contributed by atoms with Crippen LogP contribution >= 0.6 is 0 Å². The number of alkyl halides is 2. The first-order valence-electron chi connectivity index (χ1n) is 7.10. The second kappa shape index (κ2) is 6.64. The molecule has 0 N–H and O–H groups in total. The largest absolute Gasteiger partial charge is 0.265 e. The van der Waals surface area contributed by atoms with Gasteiger partial charge in [-0.2, -0.15) is 5.10 Å². The second-order valence-electron chi connectivity index (χ2n) is 5.08. The third-order valence-corrected chi connectivity index (χ3v) is 3.57. The number of nitrogens with zero attached hydrogens (tertiary/aromatic N) is 3. The van der Waals surface area contributed by atoms with Gasteiger partial charge in [0.1, 0.15) is 30.9 Å². The average Bonchev–Trinajstić information content (AvgIpc) is 3.02. The Balaban J connectivity index is 2.14. The third kappa shape index (κ3) is 3.11. The van der Waals surface area contributed by atoms with Crippen LogP contribution in [0.3, 0.4) is 0 Å². The van der Waals surface area contributed by atoms with Gasteiger partial charge in [0, 0.05) is 29.7 Å². The van der Waals surface area contributed by atoms with Crippen LogP contribution in [-0.2, 0) is 0 Å². The predicted molar refractivity (Wildman–Crippen MR) is 81.8 cm³/mol. The van der Waals surface area contributed by atoms with Crippen molar-refractivity contribution in [2.45, 2.75) is 6.04 Å². The Kier molecular flexibility index (Phi) is 4.41. The van der Waals surface area contributed by atoms with Crippen molar-refractivity contribution in [1.82, 2.24) is 14.8 Å². The van der Waals surface area contributed by atoms with Gasteiger partial charge in [-0.3, -0.25) is 9.67 Å². The van der Waals surface area contributed by atoms with E-state index in [1.807, 2.05) is 0 Å². The van der Waals surface area contributed by atoms with Gasteiger partial charge in [0.2, 0.25) is 0 Å². The van der Waals surface area contributed by atoms with E-state index < -0.39 is 19.4 Å². The predicted octanol–water partition coefficient (Wildman–Crippen LogP) is 4.23. The van der Waals surface area contributed by atoms with Crippen molar-refractivity contribution in [1.29, 1.82) is 0 Å². The normalized spacial score (nSPS) is 11.1. The Bertz CT molecular complexity index is 766. The average molecular weight is 317 g/mol. The summed E-state index contributed by atoms with van der Waals surface area (Å²) in [5.41, 5.74) is 2.75. The lowest BCUT2D eigenvalue weighted by atomic mass is 10.0. The Morgan fingerprint density at radius 3 is 2.17 bits per heavy atom. The summed E-state index contributed by atoms with van der Waals surface area (Å²) in [7, 11) is 0. The fourth-order valence-corrected chi connectivity index (χ4v) is 2.33. The number of hydrogen-bond acceptors (Lipinski definition) is 2. The van der Waals surface area contributed by atoms with Crippen molar-refractivity contribution in [2.24, 2.45) is 0 Å². The highest BCUT2D eigenvalue weighted by Crippen LogP contribution is 2.32. The van der Waals surface area contributed by atoms with Gasteiger partial charge in [-0.15, -0.1) is 0 Å². The van der Waals surface area contributed by atoms with Gasteiger partial charge < -0.3 is 0 Å². The summed E-state index contributed by atoms with van der Waals surface area (Å²) in [5, 5.41) is 4.32. The van der Waals surface area contributed by atoms with Crippen LogP contribution in [0.1, 0.15) is 6.04 Å². The molecule has 0 spiro atoms. The molecule has 0 saturated carbocycles. The lowest BCUT2D eigenvalue weighted by molar-refractivity contribution is 0.272. The molecule has 1 aromatic carbocycles. The van der Waals surface area contributed by atoms with Crippen molar-refractivity contribution in [3.8, 4) is 22.4 Å². The molecule has 0 unspecified atom stereocenters. The Morgan fingerprint density at radius 1 is 0.913 bits per heavy atom. The first-order chi connectivity index (χ1) is 11.2. The molecule has 3 nitrogen and oxygen atoms in total. The quantitative estimate of drug-likeness (QED) is 0.705. The van der Waals surface area contributed by atoms with E-state index in [9.17, 15) is 13.2 Å². The number of hydrogen-bond donors (Lipinski definition) is 0. The Hall–Kier alpha value is -2.63. The molecule has 0 aliphatic carbocycles. The molecule has 3 aromatic rings. The van der Waals surface area contributed by atoms with Gasteiger partial charge in [0.05, 0.1) is 0 Å². The summed E-state index contributed by atoms with van der Waals surface area (Å²) >= 11 is 0. The SMILES string of the molecule is FCC(CF)n1cc(-c2ccncc2)c(-c2ccc(F)cc2)n1. The number of rotatable bonds is 5. The van der Waals surface area contributed by atoms with Crippen LogP contribution in [0.25, 0.3) is 22.4 Å². The standard InChI is InChI=1S/C17H14F3N3/c18-9-15(10-19)23-11-16(12-5-7-21-8-6-12)17(22-23)13-1-3-14(20)4-2-13/h1-8,11,15H,9-10H2. The van der Waals surface area contributed by atoms with Crippen LogP contribution in [-0.4, -0.2) is 28.1 Å². The van der Waals surface area contributed by atoms with E-state index >= 15 is 0 Å². The Morgan fingerprint density at radius 2 is 1.57 bits per heavy atom. The molecule has 0 saturated heterocycles. The van der Waals surface area contributed by atoms with Crippen LogP contribution in [0.2, 0.25) is 0 Å². The zero-order valence-corrected chi connectivity index (χ0v) is 12.2. The third-order valence-electron chi connectivity index (χ3n) is 3.57. The summed E-state index contributed by atoms with van der Waals surface area (Å²) in [6, 6.07) is 8.44. The molecular formula is C17H14F3N3. The fourth-order valence-electron chi connectivity index (χ4n) is 2.33. The van der Waals surface area contributed by atoms with Crippen LogP contribution in [0.4, 0.5) is 13.2 Å². The van der Waals surface area contributed by atoms with E-state index in [-0.39, 0.29) is 5.82 Å². The summed E-state index contributed by atoms with van der Waals surface area (Å²) < 4.78 is 40.4. The second-order valence-corrected chi connectivity index (χ2v) is 5.08. The van der Waals surface area contributed by atoms with Crippen molar-refractivity contribution in [3.63, 3.8) is 0 Å². The maximum atomic E-state index is 13.1. The molecule has 0 fully saturated rings. The summed E-state index contributed by atoms with van der Waals surface area (Å²) in [6.45, 7) is -1.70. The molecule has 0 atom stereocenters. The zero-order valence-electron chi connectivity index (χ0n) is 12.2. The van der Waals surface area contributed by atoms with Crippen LogP contribution in [0, 0.1) is 5.82 Å². The molecule has 0 amide bonds. The summed E-state index contributed by atoms with van der Waals surface area (Å²) in [6.07, 6.45) is 4.86. The highest BCUT2D eigenvalue weighted by atomic mass is 19.1. The smallest absolute Gasteiger partial charge is 0.123 e. The molecule has 118 valence electrons. The van der Waals surface area contributed by atoms with Crippen LogP contribution < -0.4 is 0 Å². The lowest BCUT2D eigenvalue weighted by Gasteiger charge is -2.08. The number of aromatic nitrogens is 3. The van der Waals surface area contributed by atoms with Gasteiger partial charge in [-0.25, -0.2) is 13.2 Å². The minimum atomic E-state index is -0.968. The highest BCUT2D eigenvalue weighted by Gasteiger charge is 2.18. The van der Waals surface area contributed by atoms with Crippen LogP contribution in [0.5, 0.6) is 0 Å². The molecule has 2 aromatic heterocycles. The molecule has 0 aliphatic rings.